The van der Waals surface area contributed by atoms with E-state index in [0.717, 1.165) is 61.1 Å². The molecule has 10 heteroatoms. The molecule has 1 aliphatic carbocycles. The monoisotopic (exact) mass is 514 g/mol. The number of nitrogens with one attached hydrogen (secondary N) is 2. The number of halogens is 3. The largest absolute Gasteiger partial charge is 0.348 e. The summed E-state index contributed by atoms with van der Waals surface area (Å²) in [5, 5.41) is 2.68. The van der Waals surface area contributed by atoms with Gasteiger partial charge in [0.1, 0.15) is 23.5 Å². The summed E-state index contributed by atoms with van der Waals surface area (Å²) >= 11 is 0. The third kappa shape index (κ3) is 4.70. The highest BCUT2D eigenvalue weighted by molar-refractivity contribution is 5.82. The van der Waals surface area contributed by atoms with Gasteiger partial charge in [0.15, 0.2) is 0 Å². The quantitative estimate of drug-likeness (QED) is 0.524. The van der Waals surface area contributed by atoms with Crippen molar-refractivity contribution in [2.24, 2.45) is 5.41 Å². The molecule has 2 saturated heterocycles. The summed E-state index contributed by atoms with van der Waals surface area (Å²) in [6, 6.07) is 4.97. The number of H-pyrrole nitrogens is 1. The van der Waals surface area contributed by atoms with Crippen LogP contribution in [0.1, 0.15) is 56.7 Å². The first-order valence-electron chi connectivity index (χ1n) is 12.5. The number of hydrogen-bond acceptors (Lipinski definition) is 4. The molecule has 7 nitrogen and oxygen atoms in total. The van der Waals surface area contributed by atoms with E-state index in [2.05, 4.69) is 15.2 Å². The first-order valence-corrected chi connectivity index (χ1v) is 12.5. The lowest BCUT2D eigenvalue weighted by Gasteiger charge is -2.52. The van der Waals surface area contributed by atoms with Crippen LogP contribution in [-0.2, 0) is 4.79 Å². The summed E-state index contributed by atoms with van der Waals surface area (Å²) in [4.78, 5) is 45.2. The van der Waals surface area contributed by atoms with Gasteiger partial charge in [-0.1, -0.05) is 6.07 Å². The van der Waals surface area contributed by atoms with Crippen LogP contribution in [0.4, 0.5) is 13.2 Å². The molecule has 2 aliphatic heterocycles. The number of aromatic amines is 1. The predicted octanol–water partition coefficient (Wildman–Crippen LogP) is 3.79. The summed E-state index contributed by atoms with van der Waals surface area (Å²) in [6.45, 7) is 2.27. The molecule has 0 spiro atoms. The number of fused-ring (bicyclic) bond motifs is 4. The van der Waals surface area contributed by atoms with Gasteiger partial charge >= 0.3 is 5.69 Å². The molecule has 1 saturated carbocycles. The van der Waals surface area contributed by atoms with Gasteiger partial charge < -0.3 is 15.2 Å². The van der Waals surface area contributed by atoms with E-state index in [-0.39, 0.29) is 28.3 Å². The van der Waals surface area contributed by atoms with Gasteiger partial charge in [-0.05, 0) is 75.8 Å². The summed E-state index contributed by atoms with van der Waals surface area (Å²) < 4.78 is 42.7. The number of carbonyl (C=O) groups excluding carboxylic acids is 1. The Morgan fingerprint density at radius 1 is 1.11 bits per heavy atom. The van der Waals surface area contributed by atoms with Crippen molar-refractivity contribution < 1.29 is 18.0 Å². The maximum atomic E-state index is 14.4. The smallest absolute Gasteiger partial charge is 0.329 e. The standard InChI is InChI=1S/C27H29F3N4O3/c1-15(19-5-3-17(29)12-21(19)30)31-24(35)23(13-27-9-7-18(8-10-27)33(2)14-27)34-25(36)20-11-16(28)4-6-22(20)32-26(34)37/h3-6,11-12,15,18,23H,7-10,13-14H2,1-2H3,(H,31,35)(H,32,37)/t15-,18?,23-,27?/m0/s1. The summed E-state index contributed by atoms with van der Waals surface area (Å²) in [5.74, 6) is -2.83. The number of aromatic nitrogens is 2. The van der Waals surface area contributed by atoms with Crippen molar-refractivity contribution >= 4 is 16.8 Å². The second kappa shape index (κ2) is 9.48. The Morgan fingerprint density at radius 2 is 1.78 bits per heavy atom. The van der Waals surface area contributed by atoms with Crippen LogP contribution in [0.3, 0.4) is 0 Å². The molecule has 2 bridgehead atoms. The molecule has 3 aromatic rings. The summed E-state index contributed by atoms with van der Waals surface area (Å²) in [5.41, 5.74) is -1.60. The minimum absolute atomic E-state index is 0.0444. The van der Waals surface area contributed by atoms with Crippen molar-refractivity contribution in [1.29, 1.82) is 0 Å². The van der Waals surface area contributed by atoms with E-state index in [4.69, 9.17) is 0 Å². The van der Waals surface area contributed by atoms with E-state index in [0.29, 0.717) is 6.04 Å². The minimum atomic E-state index is -1.21. The number of carbonyl (C=O) groups is 1. The SMILES string of the molecule is C[C@H](NC(=O)[C@H](CC12CCC(CC1)N(C)C2)n1c(=O)[nH]c2ccc(F)cc2c1=O)c1ccc(F)cc1F. The van der Waals surface area contributed by atoms with Crippen LogP contribution in [0.2, 0.25) is 0 Å². The number of nitrogens with zero attached hydrogens (tertiary/aromatic N) is 2. The number of rotatable bonds is 6. The molecule has 196 valence electrons. The number of piperidine rings is 2. The van der Waals surface area contributed by atoms with Gasteiger partial charge in [-0.25, -0.2) is 22.5 Å². The van der Waals surface area contributed by atoms with Crippen molar-refractivity contribution in [2.45, 2.75) is 57.2 Å². The molecule has 0 unspecified atom stereocenters. The molecule has 1 amide bonds. The van der Waals surface area contributed by atoms with Crippen LogP contribution in [0.25, 0.3) is 10.9 Å². The molecule has 37 heavy (non-hydrogen) atoms. The summed E-state index contributed by atoms with van der Waals surface area (Å²) in [7, 11) is 2.03. The molecule has 3 heterocycles. The Hall–Kier alpha value is -3.40. The maximum absolute atomic E-state index is 14.4. The highest BCUT2D eigenvalue weighted by Crippen LogP contribution is 2.48. The fourth-order valence-corrected chi connectivity index (χ4v) is 6.17. The second-order valence-electron chi connectivity index (χ2n) is 10.6. The topological polar surface area (TPSA) is 87.2 Å². The maximum Gasteiger partial charge on any atom is 0.329 e. The van der Waals surface area contributed by atoms with Crippen LogP contribution in [0, 0.1) is 22.9 Å². The Morgan fingerprint density at radius 3 is 2.46 bits per heavy atom. The van der Waals surface area contributed by atoms with E-state index >= 15 is 0 Å². The lowest BCUT2D eigenvalue weighted by atomic mass is 9.65. The van der Waals surface area contributed by atoms with Crippen LogP contribution in [0.5, 0.6) is 0 Å². The molecular weight excluding hydrogens is 485 g/mol. The van der Waals surface area contributed by atoms with Gasteiger partial charge in [0, 0.05) is 24.2 Å². The molecule has 2 aromatic carbocycles. The molecule has 6 rings (SSSR count). The van der Waals surface area contributed by atoms with Crippen molar-refractivity contribution in [2.75, 3.05) is 13.6 Å². The van der Waals surface area contributed by atoms with Gasteiger partial charge in [0.25, 0.3) is 5.56 Å². The number of amides is 1. The van der Waals surface area contributed by atoms with E-state index in [9.17, 15) is 27.6 Å². The Bertz CT molecular complexity index is 1480. The van der Waals surface area contributed by atoms with Gasteiger partial charge in [-0.15, -0.1) is 0 Å². The molecule has 1 aromatic heterocycles. The van der Waals surface area contributed by atoms with Gasteiger partial charge in [-0.3, -0.25) is 9.59 Å². The van der Waals surface area contributed by atoms with E-state index in [1.54, 1.807) is 6.92 Å². The van der Waals surface area contributed by atoms with Crippen LogP contribution in [-0.4, -0.2) is 40.0 Å². The fourth-order valence-electron chi connectivity index (χ4n) is 6.17. The molecular formula is C27H29F3N4O3. The first kappa shape index (κ1) is 25.3. The Kier molecular flexibility index (Phi) is 6.47. The van der Waals surface area contributed by atoms with Crippen molar-refractivity contribution in [3.8, 4) is 0 Å². The van der Waals surface area contributed by atoms with Crippen LogP contribution in [0.15, 0.2) is 46.0 Å². The molecule has 2 N–H and O–H groups in total. The van der Waals surface area contributed by atoms with E-state index in [1.807, 2.05) is 7.05 Å². The number of benzene rings is 2. The molecule has 3 aliphatic rings. The molecule has 2 atom stereocenters. The Balaban J connectivity index is 1.56. The Labute approximate surface area is 211 Å². The second-order valence-corrected chi connectivity index (χ2v) is 10.6. The van der Waals surface area contributed by atoms with E-state index < -0.39 is 46.7 Å². The number of hydrogen-bond donors (Lipinski definition) is 2. The average Bonchev–Trinajstić information content (AvgIpc) is 2.84. The first-order chi connectivity index (χ1) is 17.6. The predicted molar refractivity (Wildman–Crippen MR) is 133 cm³/mol. The average molecular weight is 515 g/mol. The third-order valence-electron chi connectivity index (χ3n) is 8.14. The zero-order valence-electron chi connectivity index (χ0n) is 20.7. The zero-order chi connectivity index (χ0) is 26.5. The molecule has 3 fully saturated rings. The highest BCUT2D eigenvalue weighted by Gasteiger charge is 2.46. The highest BCUT2D eigenvalue weighted by atomic mass is 19.1. The zero-order valence-corrected chi connectivity index (χ0v) is 20.7. The molecule has 0 radical (unpaired) electrons. The van der Waals surface area contributed by atoms with Crippen molar-refractivity contribution in [1.82, 2.24) is 19.8 Å². The lowest BCUT2D eigenvalue weighted by Crippen LogP contribution is -2.55. The lowest BCUT2D eigenvalue weighted by molar-refractivity contribution is -0.127. The van der Waals surface area contributed by atoms with Gasteiger partial charge in [0.05, 0.1) is 16.9 Å². The van der Waals surface area contributed by atoms with Crippen LogP contribution >= 0.6 is 0 Å². The van der Waals surface area contributed by atoms with Gasteiger partial charge in [-0.2, -0.15) is 0 Å². The van der Waals surface area contributed by atoms with Gasteiger partial charge in [0.2, 0.25) is 5.91 Å². The van der Waals surface area contributed by atoms with Crippen LogP contribution < -0.4 is 16.6 Å². The fraction of sp³-hybridized carbons (Fsp3) is 0.444. The minimum Gasteiger partial charge on any atom is -0.348 e. The normalized spacial score (nSPS) is 23.2. The third-order valence-corrected chi connectivity index (χ3v) is 8.14. The summed E-state index contributed by atoms with van der Waals surface area (Å²) in [6.07, 6.45) is 3.83. The van der Waals surface area contributed by atoms with Crippen molar-refractivity contribution in [3.05, 3.63) is 80.3 Å². The van der Waals surface area contributed by atoms with E-state index in [1.165, 1.54) is 12.1 Å². The van der Waals surface area contributed by atoms with Crippen molar-refractivity contribution in [3.63, 3.8) is 0 Å².